The Labute approximate surface area is 325 Å². The molecule has 0 heterocycles. The summed E-state index contributed by atoms with van der Waals surface area (Å²) in [5, 5.41) is 0. The monoisotopic (exact) mass is 770 g/mol. The van der Waals surface area contributed by atoms with Crippen molar-refractivity contribution < 1.29 is 42.1 Å². The molecule has 0 saturated heterocycles. The highest BCUT2D eigenvalue weighted by Crippen LogP contribution is 2.38. The maximum Gasteiger partial charge on any atom is 0.306 e. The number of hydrogen-bond donors (Lipinski definition) is 0. The van der Waals surface area contributed by atoms with Crippen molar-refractivity contribution in [1.29, 1.82) is 0 Å². The van der Waals surface area contributed by atoms with Gasteiger partial charge >= 0.3 is 11.9 Å². The van der Waals surface area contributed by atoms with E-state index in [1.807, 2.05) is 21.1 Å². The van der Waals surface area contributed by atoms with Gasteiger partial charge in [0.15, 0.2) is 6.10 Å². The summed E-state index contributed by atoms with van der Waals surface area (Å²) in [5.74, 6) is -0.877. The summed E-state index contributed by atoms with van der Waals surface area (Å²) in [5.41, 5.74) is 0. The molecule has 2 atom stereocenters. The molecule has 0 amide bonds. The topological polar surface area (TPSA) is 111 Å². The van der Waals surface area contributed by atoms with E-state index in [4.69, 9.17) is 18.5 Å². The van der Waals surface area contributed by atoms with Crippen LogP contribution in [0.5, 0.6) is 0 Å². The average molecular weight is 770 g/mol. The predicted octanol–water partition coefficient (Wildman–Crippen LogP) is 11.1. The summed E-state index contributed by atoms with van der Waals surface area (Å²) in [7, 11) is 1.15. The Kier molecular flexibility index (Phi) is 34.7. The Morgan fingerprint density at radius 2 is 1.02 bits per heavy atom. The third-order valence-corrected chi connectivity index (χ3v) is 9.88. The zero-order chi connectivity index (χ0) is 39.3. The third kappa shape index (κ3) is 39.7. The smallest absolute Gasteiger partial charge is 0.306 e. The molecule has 0 radical (unpaired) electrons. The molecule has 0 saturated carbocycles. The first kappa shape index (κ1) is 51.2. The van der Waals surface area contributed by atoms with Gasteiger partial charge in [0.25, 0.3) is 7.82 Å². The van der Waals surface area contributed by atoms with Crippen molar-refractivity contribution in [2.24, 2.45) is 0 Å². The normalized spacial score (nSPS) is 14.0. The van der Waals surface area contributed by atoms with Crippen LogP contribution >= 0.6 is 7.82 Å². The van der Waals surface area contributed by atoms with Crippen LogP contribution in [0, 0.1) is 0 Å². The van der Waals surface area contributed by atoms with Crippen LogP contribution in [0.2, 0.25) is 0 Å². The second-order valence-electron chi connectivity index (χ2n) is 15.4. The number of phosphoric ester groups is 1. The van der Waals surface area contributed by atoms with Crippen LogP contribution in [0.25, 0.3) is 0 Å². The number of rotatable bonds is 38. The second kappa shape index (κ2) is 35.9. The lowest BCUT2D eigenvalue weighted by molar-refractivity contribution is -0.870. The molecule has 310 valence electrons. The first-order valence-corrected chi connectivity index (χ1v) is 22.7. The maximum absolute atomic E-state index is 12.6. The van der Waals surface area contributed by atoms with Crippen molar-refractivity contribution in [3.63, 3.8) is 0 Å². The Morgan fingerprint density at radius 1 is 0.585 bits per heavy atom. The lowest BCUT2D eigenvalue weighted by Gasteiger charge is -2.28. The molecule has 53 heavy (non-hydrogen) atoms. The van der Waals surface area contributed by atoms with Crippen LogP contribution in [-0.2, 0) is 32.7 Å². The summed E-state index contributed by atoms with van der Waals surface area (Å²) >= 11 is 0. The summed E-state index contributed by atoms with van der Waals surface area (Å²) in [4.78, 5) is 37.4. The van der Waals surface area contributed by atoms with E-state index in [9.17, 15) is 19.0 Å². The van der Waals surface area contributed by atoms with Crippen molar-refractivity contribution in [1.82, 2.24) is 0 Å². The van der Waals surface area contributed by atoms with Crippen molar-refractivity contribution in [2.75, 3.05) is 47.5 Å². The fraction of sp³-hybridized carbons (Fsp3) is 0.814. The molecule has 0 bridgehead atoms. The van der Waals surface area contributed by atoms with Gasteiger partial charge in [-0.2, -0.15) is 0 Å². The van der Waals surface area contributed by atoms with Crippen molar-refractivity contribution >= 4 is 19.8 Å². The number of unbranched alkanes of at least 4 members (excludes halogenated alkanes) is 18. The number of quaternary nitrogens is 1. The van der Waals surface area contributed by atoms with Gasteiger partial charge in [0.1, 0.15) is 19.8 Å². The minimum absolute atomic E-state index is 0.0361. The zero-order valence-electron chi connectivity index (χ0n) is 34.7. The Hall–Kier alpha value is -1.77. The van der Waals surface area contributed by atoms with Crippen LogP contribution in [0.3, 0.4) is 0 Å². The molecule has 0 N–H and O–H groups in total. The van der Waals surface area contributed by atoms with E-state index in [2.05, 4.69) is 50.3 Å². The molecule has 0 aliphatic carbocycles. The number of carbonyl (C=O) groups is 2. The fourth-order valence-electron chi connectivity index (χ4n) is 5.54. The molecule has 0 aliphatic heterocycles. The lowest BCUT2D eigenvalue weighted by atomic mass is 10.0. The molecule has 0 aromatic heterocycles. The van der Waals surface area contributed by atoms with Crippen LogP contribution in [0.15, 0.2) is 36.5 Å². The molecule has 0 aliphatic rings. The van der Waals surface area contributed by atoms with Crippen LogP contribution < -0.4 is 4.89 Å². The molecule has 9 nitrogen and oxygen atoms in total. The molecular formula is C43H80NO8P. The van der Waals surface area contributed by atoms with Crippen LogP contribution in [0.4, 0.5) is 0 Å². The van der Waals surface area contributed by atoms with Gasteiger partial charge < -0.3 is 27.9 Å². The first-order valence-electron chi connectivity index (χ1n) is 21.2. The van der Waals surface area contributed by atoms with E-state index in [0.717, 1.165) is 51.4 Å². The average Bonchev–Trinajstić information content (AvgIpc) is 3.10. The number of carbonyl (C=O) groups excluding carboxylic acids is 2. The van der Waals surface area contributed by atoms with Gasteiger partial charge in [-0.05, 0) is 51.4 Å². The summed E-state index contributed by atoms with van der Waals surface area (Å²) in [6.07, 6.45) is 38.8. The third-order valence-electron chi connectivity index (χ3n) is 8.91. The molecular weight excluding hydrogens is 689 g/mol. The van der Waals surface area contributed by atoms with E-state index >= 15 is 0 Å². The van der Waals surface area contributed by atoms with E-state index in [-0.39, 0.29) is 26.1 Å². The van der Waals surface area contributed by atoms with Gasteiger partial charge in [-0.3, -0.25) is 14.2 Å². The van der Waals surface area contributed by atoms with Gasteiger partial charge in [-0.15, -0.1) is 0 Å². The molecule has 10 heteroatoms. The maximum atomic E-state index is 12.6. The SMILES string of the molecule is CCCCC/C=C/C/C=C/C/C=C/CCCCC(=O)OC[C@H](COP(=O)([O-])OCC[N+](C)(C)C)OC(=O)CCCCCCCCCCCCCCCC. The summed E-state index contributed by atoms with van der Waals surface area (Å²) in [6.45, 7) is 4.15. The summed E-state index contributed by atoms with van der Waals surface area (Å²) < 4.78 is 33.8. The molecule has 0 spiro atoms. The number of ether oxygens (including phenoxy) is 2. The summed E-state index contributed by atoms with van der Waals surface area (Å²) in [6, 6.07) is 0. The number of hydrogen-bond acceptors (Lipinski definition) is 8. The van der Waals surface area contributed by atoms with Gasteiger partial charge in [0.05, 0.1) is 27.7 Å². The fourth-order valence-corrected chi connectivity index (χ4v) is 6.27. The molecule has 0 fully saturated rings. The van der Waals surface area contributed by atoms with E-state index in [1.54, 1.807) is 0 Å². The second-order valence-corrected chi connectivity index (χ2v) is 16.8. The number of nitrogens with zero attached hydrogens (tertiary/aromatic N) is 1. The highest BCUT2D eigenvalue weighted by molar-refractivity contribution is 7.45. The number of phosphoric acid groups is 1. The Balaban J connectivity index is 4.44. The van der Waals surface area contributed by atoms with Gasteiger partial charge in [-0.1, -0.05) is 147 Å². The largest absolute Gasteiger partial charge is 0.756 e. The van der Waals surface area contributed by atoms with Crippen molar-refractivity contribution in [2.45, 2.75) is 180 Å². The minimum Gasteiger partial charge on any atom is -0.756 e. The van der Waals surface area contributed by atoms with Gasteiger partial charge in [0.2, 0.25) is 0 Å². The number of allylic oxidation sites excluding steroid dienone is 6. The predicted molar refractivity (Wildman–Crippen MR) is 217 cm³/mol. The highest BCUT2D eigenvalue weighted by Gasteiger charge is 2.21. The van der Waals surface area contributed by atoms with Crippen molar-refractivity contribution in [3.05, 3.63) is 36.5 Å². The van der Waals surface area contributed by atoms with E-state index in [0.29, 0.717) is 23.9 Å². The van der Waals surface area contributed by atoms with E-state index < -0.39 is 32.5 Å². The number of likely N-dealkylation sites (N-methyl/N-ethyl adjacent to an activating group) is 1. The molecule has 0 aromatic rings. The quantitative estimate of drug-likeness (QED) is 0.0201. The standard InChI is InChI=1S/C43H80NO8P/c1-6-8-10-12-14-16-18-20-22-24-25-27-29-31-33-35-42(45)49-39-41(40-51-53(47,48)50-38-37-44(3,4)5)52-43(46)36-34-32-30-28-26-23-21-19-17-15-13-11-9-7-2/h14,16,20,22,25,27,41H,6-13,15,17-19,21,23-24,26,28-40H2,1-5H3/b16-14+,22-20+,27-25+/t41-/m1/s1. The minimum atomic E-state index is -4.63. The molecule has 0 aromatic carbocycles. The van der Waals surface area contributed by atoms with Crippen LogP contribution in [0.1, 0.15) is 174 Å². The van der Waals surface area contributed by atoms with Gasteiger partial charge in [0, 0.05) is 12.8 Å². The van der Waals surface area contributed by atoms with E-state index in [1.165, 1.54) is 83.5 Å². The Morgan fingerprint density at radius 3 is 1.55 bits per heavy atom. The highest BCUT2D eigenvalue weighted by atomic mass is 31.2. The Bertz CT molecular complexity index is 1010. The van der Waals surface area contributed by atoms with Crippen LogP contribution in [-0.4, -0.2) is 70.0 Å². The molecule has 1 unspecified atom stereocenters. The lowest BCUT2D eigenvalue weighted by Crippen LogP contribution is -2.37. The zero-order valence-corrected chi connectivity index (χ0v) is 35.6. The molecule has 0 rings (SSSR count). The van der Waals surface area contributed by atoms with Gasteiger partial charge in [-0.25, -0.2) is 0 Å². The number of esters is 2. The first-order chi connectivity index (χ1) is 25.5. The van der Waals surface area contributed by atoms with Crippen molar-refractivity contribution in [3.8, 4) is 0 Å².